The molecule has 19 nitrogen and oxygen atoms in total. The van der Waals surface area contributed by atoms with Crippen LogP contribution in [0.3, 0.4) is 0 Å². The van der Waals surface area contributed by atoms with Gasteiger partial charge in [-0.3, -0.25) is 19.2 Å². The fourth-order valence-corrected chi connectivity index (χ4v) is 7.76. The first-order chi connectivity index (χ1) is 28.8. The van der Waals surface area contributed by atoms with Gasteiger partial charge in [-0.15, -0.1) is 0 Å². The Bertz CT molecular complexity index is 2170. The summed E-state index contributed by atoms with van der Waals surface area (Å²) in [4.78, 5) is 57.9. The number of hydrogen-bond donors (Lipinski definition) is 7. The van der Waals surface area contributed by atoms with Crippen molar-refractivity contribution in [2.45, 2.75) is 57.0 Å². The SMILES string of the molecule is Cc1cc(OCCCC(=O)NCCCOCCOCCOCCCN)cc(C)c1S(=O)(=O)N[C@@H](CNC(=O)c1cn(C)c2cc(CNc3ncc[nH]3)ccc2c1=O)C(=O)O. The molecule has 0 unspecified atom stereocenters. The monoisotopic (exact) mass is 856 g/mol. The van der Waals surface area contributed by atoms with E-state index >= 15 is 0 Å². The molecular weight excluding hydrogens is 801 g/mol. The smallest absolute Gasteiger partial charge is 0.323 e. The third-order valence-corrected chi connectivity index (χ3v) is 10.8. The summed E-state index contributed by atoms with van der Waals surface area (Å²) in [5, 5.41) is 18.5. The number of aromatic amines is 1. The lowest BCUT2D eigenvalue weighted by Gasteiger charge is -2.19. The average molecular weight is 857 g/mol. The van der Waals surface area contributed by atoms with Crippen molar-refractivity contribution in [3.8, 4) is 5.75 Å². The minimum atomic E-state index is -4.41. The molecule has 2 aromatic heterocycles. The van der Waals surface area contributed by atoms with Gasteiger partial charge in [0, 0.05) is 70.3 Å². The number of carboxylic acid groups (broad SMARTS) is 1. The van der Waals surface area contributed by atoms with E-state index in [0.29, 0.717) is 100 Å². The molecule has 8 N–H and O–H groups in total. The van der Waals surface area contributed by atoms with Gasteiger partial charge in [-0.2, -0.15) is 4.72 Å². The van der Waals surface area contributed by atoms with Crippen LogP contribution in [0.1, 0.15) is 52.7 Å². The van der Waals surface area contributed by atoms with Gasteiger partial charge in [0.15, 0.2) is 5.95 Å². The number of aryl methyl sites for hydroxylation is 3. The average Bonchev–Trinajstić information content (AvgIpc) is 3.74. The van der Waals surface area contributed by atoms with Gasteiger partial charge in [0.25, 0.3) is 5.91 Å². The van der Waals surface area contributed by atoms with E-state index in [-0.39, 0.29) is 34.8 Å². The van der Waals surface area contributed by atoms with Gasteiger partial charge in [0.1, 0.15) is 17.4 Å². The fourth-order valence-electron chi connectivity index (χ4n) is 6.12. The molecule has 0 spiro atoms. The van der Waals surface area contributed by atoms with Crippen LogP contribution in [0.25, 0.3) is 10.9 Å². The van der Waals surface area contributed by atoms with Gasteiger partial charge >= 0.3 is 5.97 Å². The van der Waals surface area contributed by atoms with Crippen molar-refractivity contribution < 1.29 is 46.9 Å². The van der Waals surface area contributed by atoms with Crippen LogP contribution < -0.4 is 36.6 Å². The Morgan fingerprint density at radius 2 is 1.62 bits per heavy atom. The van der Waals surface area contributed by atoms with Crippen molar-refractivity contribution in [1.82, 2.24) is 29.9 Å². The molecule has 0 saturated carbocycles. The van der Waals surface area contributed by atoms with Gasteiger partial charge < -0.3 is 55.3 Å². The number of aromatic nitrogens is 3. The number of amides is 2. The zero-order valence-electron chi connectivity index (χ0n) is 34.2. The highest BCUT2D eigenvalue weighted by Gasteiger charge is 2.29. The molecule has 0 fully saturated rings. The van der Waals surface area contributed by atoms with E-state index in [2.05, 4.69) is 30.6 Å². The molecule has 0 bridgehead atoms. The number of carbonyl (C=O) groups is 3. The van der Waals surface area contributed by atoms with Crippen molar-refractivity contribution in [1.29, 1.82) is 0 Å². The van der Waals surface area contributed by atoms with Gasteiger partial charge in [-0.25, -0.2) is 13.4 Å². The Morgan fingerprint density at radius 1 is 0.933 bits per heavy atom. The van der Waals surface area contributed by atoms with Crippen LogP contribution in [0.5, 0.6) is 5.75 Å². The molecule has 4 aromatic rings. The molecule has 4 rings (SSSR count). The van der Waals surface area contributed by atoms with Crippen molar-refractivity contribution in [2.75, 3.05) is 71.2 Å². The number of nitrogens with zero attached hydrogens (tertiary/aromatic N) is 2. The van der Waals surface area contributed by atoms with E-state index in [1.807, 2.05) is 0 Å². The molecule has 2 aromatic carbocycles. The quantitative estimate of drug-likeness (QED) is 0.0401. The molecule has 0 aliphatic rings. The van der Waals surface area contributed by atoms with Gasteiger partial charge in [-0.05, 0) is 80.6 Å². The summed E-state index contributed by atoms with van der Waals surface area (Å²) in [5.74, 6) is -1.57. The topological polar surface area (TPSA) is 267 Å². The Kier molecular flexibility index (Phi) is 18.9. The number of hydrogen-bond acceptors (Lipinski definition) is 13. The lowest BCUT2D eigenvalue weighted by atomic mass is 10.1. The molecule has 0 saturated heterocycles. The first-order valence-electron chi connectivity index (χ1n) is 19.6. The van der Waals surface area contributed by atoms with Crippen molar-refractivity contribution in [3.63, 3.8) is 0 Å². The van der Waals surface area contributed by atoms with E-state index in [1.54, 1.807) is 56.1 Å². The number of carboxylic acids is 1. The number of imidazole rings is 1. The molecule has 2 amide bonds. The molecule has 1 atom stereocenters. The number of pyridine rings is 1. The molecule has 0 aliphatic heterocycles. The van der Waals surface area contributed by atoms with Gasteiger partial charge in [0.05, 0.1) is 43.4 Å². The van der Waals surface area contributed by atoms with Crippen LogP contribution in [-0.4, -0.2) is 118 Å². The van der Waals surface area contributed by atoms with Crippen LogP contribution in [0.15, 0.2) is 58.6 Å². The number of H-pyrrole nitrogens is 1. The normalized spacial score (nSPS) is 12.0. The molecule has 0 aliphatic carbocycles. The highest BCUT2D eigenvalue weighted by atomic mass is 32.2. The van der Waals surface area contributed by atoms with Gasteiger partial charge in [-0.1, -0.05) is 6.07 Å². The number of nitrogens with one attached hydrogen (secondary N) is 5. The predicted octanol–water partition coefficient (Wildman–Crippen LogP) is 1.72. The van der Waals surface area contributed by atoms with Crippen molar-refractivity contribution >= 4 is 44.7 Å². The molecule has 20 heteroatoms. The van der Waals surface area contributed by atoms with Crippen LogP contribution in [0.4, 0.5) is 5.95 Å². The number of ether oxygens (including phenoxy) is 4. The summed E-state index contributed by atoms with van der Waals surface area (Å²) in [6.45, 7) is 7.17. The van der Waals surface area contributed by atoms with Crippen molar-refractivity contribution in [2.24, 2.45) is 12.8 Å². The predicted molar refractivity (Wildman–Crippen MR) is 224 cm³/mol. The van der Waals surface area contributed by atoms with E-state index in [1.165, 1.54) is 18.3 Å². The minimum absolute atomic E-state index is 0.134. The largest absolute Gasteiger partial charge is 0.494 e. The van der Waals surface area contributed by atoms with Crippen LogP contribution in [0, 0.1) is 13.8 Å². The van der Waals surface area contributed by atoms with E-state index < -0.39 is 39.9 Å². The molecule has 60 heavy (non-hydrogen) atoms. The molecular formula is C40H56N8O11S. The molecule has 328 valence electrons. The Hall–Kier alpha value is -5.38. The second kappa shape index (κ2) is 24.0. The number of carbonyl (C=O) groups excluding carboxylic acids is 2. The Labute approximate surface area is 348 Å². The van der Waals surface area contributed by atoms with E-state index in [0.717, 1.165) is 12.0 Å². The second-order valence-electron chi connectivity index (χ2n) is 13.9. The molecule has 0 radical (unpaired) electrons. The summed E-state index contributed by atoms with van der Waals surface area (Å²) < 4.78 is 52.9. The Morgan fingerprint density at radius 3 is 2.27 bits per heavy atom. The minimum Gasteiger partial charge on any atom is -0.494 e. The summed E-state index contributed by atoms with van der Waals surface area (Å²) in [6, 6.07) is 6.41. The number of sulfonamides is 1. The first kappa shape index (κ1) is 47.3. The highest BCUT2D eigenvalue weighted by molar-refractivity contribution is 7.89. The zero-order valence-corrected chi connectivity index (χ0v) is 35.0. The maximum atomic E-state index is 13.5. The second-order valence-corrected chi connectivity index (χ2v) is 15.5. The standard InChI is InChI=1S/C40H56N8O11S/c1-27-21-30(59-16-4-7-35(49)42-11-6-15-57-18-20-58-19-17-56-14-5-10-41)22-28(2)37(27)60(54,55)47-33(39(52)53)25-45-38(51)32-26-48(3)34-23-29(8-9-31(34)36(32)50)24-46-40-43-12-13-44-40/h8-9,12-13,21-23,26,33,47H,4-7,10-11,14-20,24-25,41H2,1-3H3,(H,42,49)(H,45,51)(H,52,53)(H2,43,44,46)/t33-/m0/s1. The van der Waals surface area contributed by atoms with Crippen molar-refractivity contribution in [3.05, 3.63) is 81.4 Å². The summed E-state index contributed by atoms with van der Waals surface area (Å²) in [5.41, 5.74) is 6.62. The number of anilines is 1. The van der Waals surface area contributed by atoms with Gasteiger partial charge in [0.2, 0.25) is 21.4 Å². The highest BCUT2D eigenvalue weighted by Crippen LogP contribution is 2.26. The van der Waals surface area contributed by atoms with E-state index in [4.69, 9.17) is 24.7 Å². The number of rotatable bonds is 28. The lowest BCUT2D eigenvalue weighted by Crippen LogP contribution is -2.49. The third kappa shape index (κ3) is 14.7. The van der Waals surface area contributed by atoms with Crippen LogP contribution in [-0.2, 0) is 47.4 Å². The summed E-state index contributed by atoms with van der Waals surface area (Å²) in [6.07, 6.45) is 6.76. The number of nitrogens with two attached hydrogens (primary N) is 1. The maximum absolute atomic E-state index is 13.5. The maximum Gasteiger partial charge on any atom is 0.323 e. The fraction of sp³-hybridized carbons (Fsp3) is 0.475. The van der Waals surface area contributed by atoms with Crippen LogP contribution >= 0.6 is 0 Å². The van der Waals surface area contributed by atoms with E-state index in [9.17, 15) is 32.7 Å². The third-order valence-electron chi connectivity index (χ3n) is 9.06. The summed E-state index contributed by atoms with van der Waals surface area (Å²) >= 11 is 0. The lowest BCUT2D eigenvalue weighted by molar-refractivity contribution is -0.138. The number of aliphatic carboxylic acids is 1. The Balaban J connectivity index is 1.21. The van der Waals surface area contributed by atoms with Crippen LogP contribution in [0.2, 0.25) is 0 Å². The zero-order chi connectivity index (χ0) is 43.5. The molecule has 2 heterocycles. The number of benzene rings is 2. The first-order valence-corrected chi connectivity index (χ1v) is 21.1. The summed E-state index contributed by atoms with van der Waals surface area (Å²) in [7, 11) is -2.75. The number of fused-ring (bicyclic) bond motifs is 1.